The Morgan fingerprint density at radius 1 is 0.481 bits per heavy atom. The molecule has 2 rings (SSSR count). The van der Waals surface area contributed by atoms with Crippen LogP contribution in [0.25, 0.3) is 0 Å². The van der Waals surface area contributed by atoms with Gasteiger partial charge in [-0.15, -0.1) is 0 Å². The topological polar surface area (TPSA) is 25.8 Å². The lowest BCUT2D eigenvalue weighted by molar-refractivity contribution is 1.12. The zero-order valence-corrected chi connectivity index (χ0v) is 19.2. The van der Waals surface area contributed by atoms with Gasteiger partial charge in [-0.05, 0) is 77.7 Å². The smallest absolute Gasteiger partial charge is 0.0270 e. The molecule has 2 aromatic rings. The van der Waals surface area contributed by atoms with Crippen LogP contribution in [0.15, 0.2) is 49.1 Å². The summed E-state index contributed by atoms with van der Waals surface area (Å²) < 4.78 is 0. The Balaban J connectivity index is 1.26. The fraction of sp³-hybridized carbons (Fsp3) is 0.524. The van der Waals surface area contributed by atoms with Gasteiger partial charge in [0.1, 0.15) is 0 Å². The molecule has 148 valence electrons. The number of pyridine rings is 2. The fourth-order valence-corrected chi connectivity index (χ4v) is 6.73. The summed E-state index contributed by atoms with van der Waals surface area (Å²) in [5.74, 6) is 10.2. The van der Waals surface area contributed by atoms with Crippen molar-refractivity contribution in [3.8, 4) is 0 Å². The Morgan fingerprint density at radius 2 is 0.852 bits per heavy atom. The third kappa shape index (κ3) is 12.7. The monoisotopic (exact) mass is 438 g/mol. The molecular weight excluding hydrogens is 409 g/mol. The molecule has 0 atom stereocenters. The van der Waals surface area contributed by atoms with Gasteiger partial charge in [-0.25, -0.2) is 0 Å². The van der Waals surface area contributed by atoms with E-state index in [2.05, 4.69) is 81.3 Å². The second-order valence-electron chi connectivity index (χ2n) is 6.01. The normalized spacial score (nSPS) is 11.0. The second-order valence-corrected chi connectivity index (χ2v) is 10.9. The molecule has 27 heavy (non-hydrogen) atoms. The highest BCUT2D eigenvalue weighted by atomic mass is 32.2. The molecule has 0 radical (unpaired) electrons. The molecule has 0 spiro atoms. The number of rotatable bonds is 16. The average molecular weight is 439 g/mol. The van der Waals surface area contributed by atoms with Crippen LogP contribution in [0, 0.1) is 0 Å². The van der Waals surface area contributed by atoms with E-state index in [0.29, 0.717) is 0 Å². The number of hydrogen-bond donors (Lipinski definition) is 0. The van der Waals surface area contributed by atoms with Crippen LogP contribution < -0.4 is 0 Å². The lowest BCUT2D eigenvalue weighted by Gasteiger charge is -2.04. The van der Waals surface area contributed by atoms with Gasteiger partial charge in [0, 0.05) is 47.8 Å². The lowest BCUT2D eigenvalue weighted by Crippen LogP contribution is -1.94. The van der Waals surface area contributed by atoms with E-state index in [4.69, 9.17) is 0 Å². The summed E-state index contributed by atoms with van der Waals surface area (Å²) in [7, 11) is 0. The van der Waals surface area contributed by atoms with Gasteiger partial charge in [0.2, 0.25) is 0 Å². The predicted octanol–water partition coefficient (Wildman–Crippen LogP) is 5.58. The first-order chi connectivity index (χ1) is 13.4. The standard InChI is InChI=1S/C21H30N2S4/c1(12-24-16-18-26-14-6-20-2-8-22-9-3-20)13-25-17-19-27-15-7-21-4-10-23-11-5-21/h2-5,8-11H,1,6-7,12-19H2. The number of thioether (sulfide) groups is 4. The molecule has 0 saturated heterocycles. The summed E-state index contributed by atoms with van der Waals surface area (Å²) in [6.07, 6.45) is 11.2. The Hall–Kier alpha value is -0.300. The van der Waals surface area contributed by atoms with Crippen LogP contribution in [-0.4, -0.2) is 56.0 Å². The van der Waals surface area contributed by atoms with Crippen LogP contribution in [-0.2, 0) is 12.8 Å². The van der Waals surface area contributed by atoms with E-state index in [1.807, 2.05) is 24.8 Å². The van der Waals surface area contributed by atoms with Gasteiger partial charge in [0.25, 0.3) is 0 Å². The maximum absolute atomic E-state index is 4.06. The van der Waals surface area contributed by atoms with E-state index in [1.165, 1.54) is 63.6 Å². The first-order valence-electron chi connectivity index (χ1n) is 9.54. The molecule has 6 heteroatoms. The quantitative estimate of drug-likeness (QED) is 0.317. The highest BCUT2D eigenvalue weighted by Gasteiger charge is 1.96. The zero-order valence-electron chi connectivity index (χ0n) is 15.9. The molecule has 0 aliphatic heterocycles. The SMILES string of the molecule is c1cc(CCSCCSCCCSCCSCCc2ccncc2)ccn1. The van der Waals surface area contributed by atoms with E-state index >= 15 is 0 Å². The Kier molecular flexibility index (Phi) is 14.2. The van der Waals surface area contributed by atoms with E-state index in [9.17, 15) is 0 Å². The van der Waals surface area contributed by atoms with E-state index in [1.54, 1.807) is 0 Å². The van der Waals surface area contributed by atoms with Crippen molar-refractivity contribution >= 4 is 47.0 Å². The Morgan fingerprint density at radius 3 is 1.26 bits per heavy atom. The maximum atomic E-state index is 4.06. The summed E-state index contributed by atoms with van der Waals surface area (Å²) in [6.45, 7) is 0. The minimum Gasteiger partial charge on any atom is -0.265 e. The van der Waals surface area contributed by atoms with Crippen molar-refractivity contribution in [3.63, 3.8) is 0 Å². The number of hydrogen-bond acceptors (Lipinski definition) is 6. The van der Waals surface area contributed by atoms with Crippen molar-refractivity contribution in [2.24, 2.45) is 0 Å². The number of aryl methyl sites for hydroxylation is 2. The van der Waals surface area contributed by atoms with Crippen molar-refractivity contribution in [1.29, 1.82) is 0 Å². The molecule has 0 aromatic carbocycles. The van der Waals surface area contributed by atoms with Crippen molar-refractivity contribution in [3.05, 3.63) is 60.2 Å². The summed E-state index contributed by atoms with van der Waals surface area (Å²) in [5.41, 5.74) is 2.80. The van der Waals surface area contributed by atoms with E-state index < -0.39 is 0 Å². The molecule has 0 aliphatic rings. The molecule has 2 aromatic heterocycles. The van der Waals surface area contributed by atoms with Gasteiger partial charge in [-0.2, -0.15) is 47.0 Å². The van der Waals surface area contributed by atoms with E-state index in [-0.39, 0.29) is 0 Å². The Bertz CT molecular complexity index is 517. The lowest BCUT2D eigenvalue weighted by atomic mass is 10.2. The molecule has 0 amide bonds. The minimum atomic E-state index is 1.16. The van der Waals surface area contributed by atoms with Crippen molar-refractivity contribution in [1.82, 2.24) is 9.97 Å². The van der Waals surface area contributed by atoms with Crippen molar-refractivity contribution in [2.75, 3.05) is 46.0 Å². The van der Waals surface area contributed by atoms with Gasteiger partial charge in [-0.1, -0.05) is 0 Å². The molecule has 0 unspecified atom stereocenters. The molecule has 0 fully saturated rings. The van der Waals surface area contributed by atoms with Crippen LogP contribution >= 0.6 is 47.0 Å². The minimum absolute atomic E-state index is 1.16. The fourth-order valence-electron chi connectivity index (χ4n) is 2.39. The number of aromatic nitrogens is 2. The third-order valence-electron chi connectivity index (χ3n) is 3.89. The van der Waals surface area contributed by atoms with Gasteiger partial charge >= 0.3 is 0 Å². The largest absolute Gasteiger partial charge is 0.265 e. The van der Waals surface area contributed by atoms with Crippen LogP contribution in [0.2, 0.25) is 0 Å². The van der Waals surface area contributed by atoms with Crippen LogP contribution in [0.4, 0.5) is 0 Å². The summed E-state index contributed by atoms with van der Waals surface area (Å²) >= 11 is 8.38. The molecule has 0 aliphatic carbocycles. The van der Waals surface area contributed by atoms with Crippen molar-refractivity contribution < 1.29 is 0 Å². The summed E-state index contributed by atoms with van der Waals surface area (Å²) in [6, 6.07) is 8.47. The first kappa shape index (κ1) is 23.0. The molecule has 0 N–H and O–H groups in total. The van der Waals surface area contributed by atoms with Crippen LogP contribution in [0.1, 0.15) is 17.5 Å². The van der Waals surface area contributed by atoms with Gasteiger partial charge in [0.05, 0.1) is 0 Å². The predicted molar refractivity (Wildman–Crippen MR) is 130 cm³/mol. The van der Waals surface area contributed by atoms with Crippen LogP contribution in [0.5, 0.6) is 0 Å². The summed E-state index contributed by atoms with van der Waals surface area (Å²) in [5, 5.41) is 0. The maximum Gasteiger partial charge on any atom is 0.0270 e. The second kappa shape index (κ2) is 16.6. The third-order valence-corrected chi connectivity index (χ3v) is 8.52. The molecule has 0 bridgehead atoms. The van der Waals surface area contributed by atoms with Gasteiger partial charge in [0.15, 0.2) is 0 Å². The number of nitrogens with zero attached hydrogens (tertiary/aromatic N) is 2. The average Bonchev–Trinajstić information content (AvgIpc) is 2.72. The molecule has 2 nitrogen and oxygen atoms in total. The van der Waals surface area contributed by atoms with Gasteiger partial charge in [-0.3, -0.25) is 9.97 Å². The summed E-state index contributed by atoms with van der Waals surface area (Å²) in [4.78, 5) is 8.12. The highest BCUT2D eigenvalue weighted by molar-refractivity contribution is 8.03. The Labute approximate surface area is 181 Å². The molecule has 2 heterocycles. The zero-order chi connectivity index (χ0) is 18.8. The van der Waals surface area contributed by atoms with E-state index in [0.717, 1.165) is 12.8 Å². The first-order valence-corrected chi connectivity index (χ1v) is 14.2. The molecular formula is C21H30N2S4. The van der Waals surface area contributed by atoms with Crippen LogP contribution in [0.3, 0.4) is 0 Å². The van der Waals surface area contributed by atoms with Crippen molar-refractivity contribution in [2.45, 2.75) is 19.3 Å². The molecule has 0 saturated carbocycles. The highest BCUT2D eigenvalue weighted by Crippen LogP contribution is 2.14. The van der Waals surface area contributed by atoms with Gasteiger partial charge < -0.3 is 0 Å².